The highest BCUT2D eigenvalue weighted by atomic mass is 32.2. The number of hydrogen-bond acceptors (Lipinski definition) is 4. The number of ether oxygens (including phenoxy) is 1. The van der Waals surface area contributed by atoms with Gasteiger partial charge >= 0.3 is 0 Å². The van der Waals surface area contributed by atoms with Crippen LogP contribution >= 0.6 is 0 Å². The largest absolute Gasteiger partial charge is 0.598 e. The Morgan fingerprint density at radius 2 is 1.79 bits per heavy atom. The summed E-state index contributed by atoms with van der Waals surface area (Å²) in [4.78, 5) is 2.60. The van der Waals surface area contributed by atoms with Crippen LogP contribution in [-0.2, 0) is 22.6 Å². The van der Waals surface area contributed by atoms with Crippen LogP contribution in [-0.4, -0.2) is 47.6 Å². The van der Waals surface area contributed by atoms with Gasteiger partial charge in [-0.1, -0.05) is 71.4 Å². The van der Waals surface area contributed by atoms with E-state index in [0.717, 1.165) is 45.6 Å². The molecule has 0 saturated carbocycles. The van der Waals surface area contributed by atoms with Crippen LogP contribution < -0.4 is 4.72 Å². The van der Waals surface area contributed by atoms with Crippen LogP contribution in [0.25, 0.3) is 0 Å². The Morgan fingerprint density at radius 3 is 2.32 bits per heavy atom. The van der Waals surface area contributed by atoms with Gasteiger partial charge in [0.05, 0.1) is 19.8 Å². The third kappa shape index (κ3) is 5.96. The van der Waals surface area contributed by atoms with Gasteiger partial charge in [0.25, 0.3) is 0 Å². The van der Waals surface area contributed by atoms with E-state index in [1.807, 2.05) is 18.2 Å². The van der Waals surface area contributed by atoms with Crippen molar-refractivity contribution in [3.05, 3.63) is 35.9 Å². The lowest BCUT2D eigenvalue weighted by Crippen LogP contribution is -2.59. The second kappa shape index (κ2) is 11.0. The average molecular weight is 409 g/mol. The Morgan fingerprint density at radius 1 is 1.14 bits per heavy atom. The predicted octanol–water partition coefficient (Wildman–Crippen LogP) is 4.38. The summed E-state index contributed by atoms with van der Waals surface area (Å²) in [6.07, 6.45) is 3.27. The molecular weight excluding hydrogens is 368 g/mol. The van der Waals surface area contributed by atoms with Crippen LogP contribution in [0.15, 0.2) is 30.3 Å². The van der Waals surface area contributed by atoms with Crippen LogP contribution in [0.4, 0.5) is 0 Å². The first-order valence-electron chi connectivity index (χ1n) is 10.8. The molecular formula is C23H40N2O2S. The van der Waals surface area contributed by atoms with Gasteiger partial charge in [0, 0.05) is 35.9 Å². The molecule has 1 aromatic carbocycles. The van der Waals surface area contributed by atoms with Crippen LogP contribution in [0, 0.1) is 10.8 Å². The standard InChI is InChI=1S/C23H40N2O2S/c1-6-13-23(22(3,4)5,21(7-2)25-14-16-27-17-15-25)19-28(26)24-18-20-11-9-8-10-12-20/h8-12,21,24H,6-7,13-19H2,1-5H3. The van der Waals surface area contributed by atoms with E-state index in [0.29, 0.717) is 18.3 Å². The van der Waals surface area contributed by atoms with Gasteiger partial charge in [-0.3, -0.25) is 4.90 Å². The topological polar surface area (TPSA) is 47.6 Å². The smallest absolute Gasteiger partial charge is 0.133 e. The number of benzene rings is 1. The quantitative estimate of drug-likeness (QED) is 0.584. The minimum Gasteiger partial charge on any atom is -0.598 e. The molecule has 0 aromatic heterocycles. The maximum Gasteiger partial charge on any atom is 0.133 e. The molecule has 1 aliphatic rings. The van der Waals surface area contributed by atoms with Gasteiger partial charge in [0.2, 0.25) is 0 Å². The van der Waals surface area contributed by atoms with Gasteiger partial charge in [-0.05, 0) is 23.8 Å². The van der Waals surface area contributed by atoms with Gasteiger partial charge in [-0.2, -0.15) is 0 Å². The van der Waals surface area contributed by atoms with Crippen molar-refractivity contribution < 1.29 is 9.29 Å². The Bertz CT molecular complexity index is 557. The minimum atomic E-state index is -1.07. The van der Waals surface area contributed by atoms with Crippen molar-refractivity contribution in [3.8, 4) is 0 Å². The summed E-state index contributed by atoms with van der Waals surface area (Å²) in [5.74, 6) is 0.688. The molecule has 1 fully saturated rings. The van der Waals surface area contributed by atoms with Gasteiger partial charge in [0.15, 0.2) is 0 Å². The maximum absolute atomic E-state index is 13.2. The van der Waals surface area contributed by atoms with E-state index in [4.69, 9.17) is 4.74 Å². The molecule has 0 aliphatic carbocycles. The third-order valence-electron chi connectivity index (χ3n) is 6.37. The lowest BCUT2D eigenvalue weighted by atomic mass is 9.60. The monoisotopic (exact) mass is 408 g/mol. The van der Waals surface area contributed by atoms with E-state index >= 15 is 0 Å². The zero-order chi connectivity index (χ0) is 20.6. The fourth-order valence-electron chi connectivity index (χ4n) is 4.80. The van der Waals surface area contributed by atoms with Crippen LogP contribution in [0.1, 0.15) is 59.4 Å². The SMILES string of the molecule is CCCC(C[S+]([O-])NCc1ccccc1)(C(CC)N1CCOCC1)C(C)(C)C. The van der Waals surface area contributed by atoms with Crippen molar-refractivity contribution in [1.29, 1.82) is 0 Å². The number of nitrogens with one attached hydrogen (secondary N) is 1. The zero-order valence-electron chi connectivity index (χ0n) is 18.5. The van der Waals surface area contributed by atoms with Crippen LogP contribution in [0.5, 0.6) is 0 Å². The number of morpholine rings is 1. The Hall–Kier alpha value is -0.590. The predicted molar refractivity (Wildman–Crippen MR) is 120 cm³/mol. The Balaban J connectivity index is 2.21. The Labute approximate surface area is 175 Å². The van der Waals surface area contributed by atoms with Crippen LogP contribution in [0.3, 0.4) is 0 Å². The van der Waals surface area contributed by atoms with Crippen LogP contribution in [0.2, 0.25) is 0 Å². The zero-order valence-corrected chi connectivity index (χ0v) is 19.3. The summed E-state index contributed by atoms with van der Waals surface area (Å²) < 4.78 is 22.1. The minimum absolute atomic E-state index is 0.0115. The molecule has 1 aromatic rings. The van der Waals surface area contributed by atoms with Crippen molar-refractivity contribution >= 4 is 11.4 Å². The molecule has 1 N–H and O–H groups in total. The number of nitrogens with zero attached hydrogens (tertiary/aromatic N) is 1. The van der Waals surface area contributed by atoms with E-state index in [1.165, 1.54) is 5.56 Å². The summed E-state index contributed by atoms with van der Waals surface area (Å²) >= 11 is -1.07. The molecule has 0 bridgehead atoms. The van der Waals surface area contributed by atoms with Crippen molar-refractivity contribution in [2.75, 3.05) is 32.1 Å². The molecule has 0 amide bonds. The van der Waals surface area contributed by atoms with Gasteiger partial charge < -0.3 is 9.29 Å². The first-order valence-corrected chi connectivity index (χ1v) is 12.1. The number of rotatable bonds is 10. The van der Waals surface area contributed by atoms with E-state index in [2.05, 4.69) is 56.4 Å². The molecule has 4 nitrogen and oxygen atoms in total. The van der Waals surface area contributed by atoms with Crippen molar-refractivity contribution in [3.63, 3.8) is 0 Å². The van der Waals surface area contributed by atoms with Gasteiger partial charge in [-0.25, -0.2) is 0 Å². The highest BCUT2D eigenvalue weighted by Crippen LogP contribution is 2.49. The third-order valence-corrected chi connectivity index (χ3v) is 7.61. The molecule has 1 aliphatic heterocycles. The molecule has 3 unspecified atom stereocenters. The van der Waals surface area contributed by atoms with Gasteiger partial charge in [0.1, 0.15) is 5.75 Å². The molecule has 160 valence electrons. The lowest BCUT2D eigenvalue weighted by Gasteiger charge is -2.53. The first-order chi connectivity index (χ1) is 13.3. The van der Waals surface area contributed by atoms with E-state index in [1.54, 1.807) is 0 Å². The highest BCUT2D eigenvalue weighted by molar-refractivity contribution is 7.89. The van der Waals surface area contributed by atoms with E-state index in [-0.39, 0.29) is 10.8 Å². The highest BCUT2D eigenvalue weighted by Gasteiger charge is 2.52. The van der Waals surface area contributed by atoms with E-state index in [9.17, 15) is 4.55 Å². The first kappa shape index (κ1) is 23.7. The van der Waals surface area contributed by atoms with Crippen molar-refractivity contribution in [1.82, 2.24) is 9.62 Å². The molecule has 1 heterocycles. The Kier molecular flexibility index (Phi) is 9.29. The fourth-order valence-corrected chi connectivity index (χ4v) is 6.47. The molecule has 1 saturated heterocycles. The molecule has 28 heavy (non-hydrogen) atoms. The summed E-state index contributed by atoms with van der Waals surface area (Å²) in [5, 5.41) is 0. The van der Waals surface area contributed by atoms with Crippen molar-refractivity contribution in [2.24, 2.45) is 10.8 Å². The molecule has 3 atom stereocenters. The number of hydrogen-bond donors (Lipinski definition) is 1. The second-order valence-corrected chi connectivity index (χ2v) is 10.3. The molecule has 2 rings (SSSR count). The fraction of sp³-hybridized carbons (Fsp3) is 0.739. The second-order valence-electron chi connectivity index (χ2n) is 9.03. The summed E-state index contributed by atoms with van der Waals surface area (Å²) in [5.41, 5.74) is 1.22. The summed E-state index contributed by atoms with van der Waals surface area (Å²) in [7, 11) is 0. The normalized spacial score (nSPS) is 20.5. The molecule has 0 spiro atoms. The summed E-state index contributed by atoms with van der Waals surface area (Å²) in [6, 6.07) is 10.6. The molecule has 0 radical (unpaired) electrons. The molecule has 5 heteroatoms. The van der Waals surface area contributed by atoms with Crippen molar-refractivity contribution in [2.45, 2.75) is 66.5 Å². The lowest BCUT2D eigenvalue weighted by molar-refractivity contribution is -0.0592. The van der Waals surface area contributed by atoms with Gasteiger partial charge in [-0.15, -0.1) is 4.72 Å². The van der Waals surface area contributed by atoms with E-state index < -0.39 is 11.4 Å². The summed E-state index contributed by atoms with van der Waals surface area (Å²) in [6.45, 7) is 15.8. The maximum atomic E-state index is 13.2. The average Bonchev–Trinajstić information content (AvgIpc) is 2.68.